The normalized spacial score (nSPS) is 68.9. The van der Waals surface area contributed by atoms with Crippen LogP contribution in [-0.2, 0) is 6.51 Å². The van der Waals surface area contributed by atoms with Gasteiger partial charge in [0.2, 0.25) is 0 Å². The van der Waals surface area contributed by atoms with Gasteiger partial charge in [-0.05, 0) is 0 Å². The second-order valence-corrected chi connectivity index (χ2v) is 47.8. The molecule has 0 nitrogen and oxygen atoms in total. The van der Waals surface area contributed by atoms with Crippen LogP contribution in [0.25, 0.3) is 0 Å². The van der Waals surface area contributed by atoms with Gasteiger partial charge in [0.15, 0.2) is 0 Å². The molecule has 0 saturated carbocycles. The number of fused-ring (bicyclic) bond motifs is 10. The first-order chi connectivity index (χ1) is 15.9. The molecule has 0 aliphatic carbocycles. The average molecular weight is 528 g/mol. The summed E-state index contributed by atoms with van der Waals surface area (Å²) in [5.74, 6) is 0. The van der Waals surface area contributed by atoms with Crippen LogP contribution >= 0.6 is 15.8 Å². The molecule has 10 fully saturated rings. The summed E-state index contributed by atoms with van der Waals surface area (Å²) in [5, 5.41) is 4.35. The van der Waals surface area contributed by atoms with E-state index in [-0.39, 0.29) is 15.8 Å². The van der Waals surface area contributed by atoms with Crippen molar-refractivity contribution in [3.63, 3.8) is 0 Å². The Balaban J connectivity index is 1.16. The quantitative estimate of drug-likeness (QED) is 0.269. The van der Waals surface area contributed by atoms with Crippen molar-refractivity contribution in [2.45, 2.75) is 98.8 Å². The van der Waals surface area contributed by atoms with Crippen LogP contribution < -0.4 is 10.6 Å². The van der Waals surface area contributed by atoms with Gasteiger partial charge < -0.3 is 0 Å². The van der Waals surface area contributed by atoms with Crippen molar-refractivity contribution in [1.29, 1.82) is 0 Å². The molecule has 1 spiro atoms. The first kappa shape index (κ1) is 18.1. The summed E-state index contributed by atoms with van der Waals surface area (Å²) in [6.07, 6.45) is 1.62. The van der Waals surface area contributed by atoms with Gasteiger partial charge in [0, 0.05) is 0 Å². The zero-order valence-electron chi connectivity index (χ0n) is 21.3. The minimum absolute atomic E-state index is 0.0332. The molecular formula is C31H38FeP2. The van der Waals surface area contributed by atoms with Crippen molar-refractivity contribution in [3.05, 3.63) is 60.7 Å². The Hall–Kier alpha value is -0.181. The van der Waals surface area contributed by atoms with Gasteiger partial charge in [-0.25, -0.2) is 0 Å². The molecule has 10 aliphatic heterocycles. The maximum atomic E-state index is 2.68. The molecule has 0 radical (unpaired) electrons. The van der Waals surface area contributed by atoms with E-state index in [1.165, 1.54) is 38.5 Å². The van der Waals surface area contributed by atoms with Gasteiger partial charge in [-0.3, -0.25) is 0 Å². The summed E-state index contributed by atoms with van der Waals surface area (Å²) < 4.78 is 1.86. The zero-order chi connectivity index (χ0) is 23.0. The zero-order valence-corrected chi connectivity index (χ0v) is 24.2. The van der Waals surface area contributed by atoms with Crippen molar-refractivity contribution in [3.8, 4) is 0 Å². The van der Waals surface area contributed by atoms with Gasteiger partial charge in [0.25, 0.3) is 0 Å². The third-order valence-electron chi connectivity index (χ3n) is 19.3. The molecule has 10 heterocycles. The van der Waals surface area contributed by atoms with Crippen molar-refractivity contribution in [2.24, 2.45) is 0 Å². The molecule has 4 unspecified atom stereocenters. The first-order valence-corrected chi connectivity index (χ1v) is 22.8. The molecule has 0 bridgehead atoms. The van der Waals surface area contributed by atoms with E-state index >= 15 is 0 Å². The van der Waals surface area contributed by atoms with Gasteiger partial charge in [-0.2, -0.15) is 0 Å². The molecule has 0 N–H and O–H groups in total. The maximum absolute atomic E-state index is 3.53. The molecule has 2 aromatic rings. The molecule has 5 atom stereocenters. The van der Waals surface area contributed by atoms with Crippen molar-refractivity contribution in [2.75, 3.05) is 6.16 Å². The van der Waals surface area contributed by atoms with E-state index in [0.717, 1.165) is 8.37 Å². The average Bonchev–Trinajstić information content (AvgIpc) is 3.73. The predicted octanol–water partition coefficient (Wildman–Crippen LogP) is 8.87. The van der Waals surface area contributed by atoms with E-state index < -0.39 is 6.51 Å². The van der Waals surface area contributed by atoms with Crippen LogP contribution in [0.2, 0.25) is 42.8 Å². The SMILES string of the molecule is CC(C)(C)P(C(C)(C)C)[C]12[CH]3[CH]4[CH]5[C@@]1(CP(c1ccccc1)c1ccccc1)[Fe]43521678[CH]2[CH]1[CH]6[CH]7[CH]28. The van der Waals surface area contributed by atoms with E-state index in [2.05, 4.69) is 102 Å². The van der Waals surface area contributed by atoms with Gasteiger partial charge in [0.1, 0.15) is 0 Å². The van der Waals surface area contributed by atoms with Crippen molar-refractivity contribution < 1.29 is 6.51 Å². The summed E-state index contributed by atoms with van der Waals surface area (Å²) >= 11 is 0. The van der Waals surface area contributed by atoms with E-state index in [1.54, 1.807) is 16.8 Å². The summed E-state index contributed by atoms with van der Waals surface area (Å²) in [5.41, 5.74) is 0. The number of hydrogen-bond acceptors (Lipinski definition) is 0. The van der Waals surface area contributed by atoms with Crippen molar-refractivity contribution >= 4 is 26.5 Å². The molecule has 10 aliphatic rings. The fourth-order valence-corrected chi connectivity index (χ4v) is 122. The van der Waals surface area contributed by atoms with Gasteiger partial charge in [-0.15, -0.1) is 0 Å². The van der Waals surface area contributed by atoms with E-state index in [1.807, 2.05) is 0 Å². The van der Waals surface area contributed by atoms with Gasteiger partial charge in [-0.1, -0.05) is 0 Å². The molecule has 0 aromatic heterocycles. The van der Waals surface area contributed by atoms with E-state index in [4.69, 9.17) is 0 Å². The van der Waals surface area contributed by atoms with Crippen LogP contribution in [0, 0.1) is 0 Å². The van der Waals surface area contributed by atoms with Gasteiger partial charge >= 0.3 is 199 Å². The van der Waals surface area contributed by atoms with Crippen LogP contribution in [0.15, 0.2) is 60.7 Å². The van der Waals surface area contributed by atoms with Crippen molar-refractivity contribution in [1.82, 2.24) is 0 Å². The van der Waals surface area contributed by atoms with Crippen LogP contribution in [-0.4, -0.2) is 20.5 Å². The summed E-state index contributed by atoms with van der Waals surface area (Å²) in [6.45, 7) is 12.6. The molecule has 0 amide bonds. The Labute approximate surface area is 197 Å². The predicted molar refractivity (Wildman–Crippen MR) is 146 cm³/mol. The molecule has 2 aromatic carbocycles. The Bertz CT molecular complexity index is 1680. The minimum atomic E-state index is -3.53. The molecule has 34 heavy (non-hydrogen) atoms. The number of hydrogen-bond donors (Lipinski definition) is 0. The topological polar surface area (TPSA) is 0 Å². The second kappa shape index (κ2) is 2.48. The van der Waals surface area contributed by atoms with Crippen LogP contribution in [0.5, 0.6) is 0 Å². The standard InChI is InChI=1S/C26H33P2.C5H5.Fe/c1-25(2,3)28(26(4,5)6)24-19-13-14-21(24)20-27(22-15-9-7-10-16-22)23-17-11-8-12-18-23;1-2-4-5-3-1;/h7-19H,20H2,1-6H3;1-5H;. The Morgan fingerprint density at radius 3 is 1.44 bits per heavy atom. The Morgan fingerprint density at radius 1 is 0.647 bits per heavy atom. The second-order valence-electron chi connectivity index (χ2n) is 17.8. The fraction of sp³-hybridized carbons (Fsp3) is 0.613. The molecular weight excluding hydrogens is 490 g/mol. The third-order valence-corrected chi connectivity index (χ3v) is 73.7. The third kappa shape index (κ3) is 0.403. The number of rotatable bonds is 5. The van der Waals surface area contributed by atoms with Crippen LogP contribution in [0.3, 0.4) is 0 Å². The van der Waals surface area contributed by atoms with E-state index in [9.17, 15) is 0 Å². The summed E-state index contributed by atoms with van der Waals surface area (Å²) in [7, 11) is -0.207. The molecule has 12 rings (SSSR count). The fourth-order valence-electron chi connectivity index (χ4n) is 21.7. The molecule has 10 saturated heterocycles. The Kier molecular flexibility index (Phi) is 1.32. The summed E-state index contributed by atoms with van der Waals surface area (Å²) in [6, 6.07) is 23.7. The number of benzene rings is 2. The molecule has 3 heteroatoms. The van der Waals surface area contributed by atoms with Gasteiger partial charge in [0.05, 0.1) is 0 Å². The monoisotopic (exact) mass is 528 g/mol. The first-order valence-electron chi connectivity index (χ1n) is 13.8. The van der Waals surface area contributed by atoms with Crippen LogP contribution in [0.1, 0.15) is 41.5 Å². The van der Waals surface area contributed by atoms with E-state index in [0.29, 0.717) is 10.3 Å². The van der Waals surface area contributed by atoms with Crippen LogP contribution in [0.4, 0.5) is 0 Å². The Morgan fingerprint density at radius 2 is 1.09 bits per heavy atom. The summed E-state index contributed by atoms with van der Waals surface area (Å²) in [4.78, 5) is 11.1. The molecule has 180 valence electrons.